The third kappa shape index (κ3) is 6.42. The Morgan fingerprint density at radius 3 is 1.42 bits per heavy atom. The third-order valence-corrected chi connectivity index (χ3v) is 13.5. The first kappa shape index (κ1) is 37.8. The molecule has 13 rings (SSSR count). The summed E-state index contributed by atoms with van der Waals surface area (Å²) in [6, 6.07) is 90.2. The van der Waals surface area contributed by atoms with Gasteiger partial charge in [-0.1, -0.05) is 188 Å². The van der Waals surface area contributed by atoms with E-state index in [1.807, 2.05) is 0 Å². The molecule has 0 bridgehead atoms. The number of rotatable bonds is 7. The SMILES string of the molecule is c1ccc2cc(-c3ccc(-c4ccc(N(c5ccc(-c6cc7ccccc7c7ccccc67)cc5)c5ccc(-c6cccc7oc8c9ccccc9ccc8c67)cc5)cc4)cc3)ccc2c1. The van der Waals surface area contributed by atoms with Gasteiger partial charge in [-0.15, -0.1) is 0 Å². The molecule has 0 amide bonds. The molecule has 2 nitrogen and oxygen atoms in total. The van der Waals surface area contributed by atoms with Crippen molar-refractivity contribution in [2.75, 3.05) is 4.90 Å². The molecule has 66 heavy (non-hydrogen) atoms. The Kier molecular flexibility index (Phi) is 8.89. The van der Waals surface area contributed by atoms with Crippen LogP contribution in [0.15, 0.2) is 253 Å². The van der Waals surface area contributed by atoms with Crippen LogP contribution in [0.2, 0.25) is 0 Å². The maximum atomic E-state index is 6.57. The van der Waals surface area contributed by atoms with E-state index in [9.17, 15) is 0 Å². The second-order valence-corrected chi connectivity index (χ2v) is 17.3. The van der Waals surface area contributed by atoms with Gasteiger partial charge in [0.1, 0.15) is 11.2 Å². The van der Waals surface area contributed by atoms with Gasteiger partial charge in [0.2, 0.25) is 0 Å². The summed E-state index contributed by atoms with van der Waals surface area (Å²) in [5.74, 6) is 0. The van der Waals surface area contributed by atoms with E-state index in [-0.39, 0.29) is 0 Å². The highest BCUT2D eigenvalue weighted by atomic mass is 16.3. The van der Waals surface area contributed by atoms with E-state index in [0.29, 0.717) is 0 Å². The van der Waals surface area contributed by atoms with Gasteiger partial charge < -0.3 is 9.32 Å². The van der Waals surface area contributed by atoms with Gasteiger partial charge >= 0.3 is 0 Å². The lowest BCUT2D eigenvalue weighted by Gasteiger charge is -2.26. The molecule has 308 valence electrons. The minimum Gasteiger partial charge on any atom is -0.455 e. The van der Waals surface area contributed by atoms with E-state index < -0.39 is 0 Å². The van der Waals surface area contributed by atoms with Crippen LogP contribution in [0.3, 0.4) is 0 Å². The first-order valence-electron chi connectivity index (χ1n) is 22.6. The van der Waals surface area contributed by atoms with Crippen LogP contribution in [0.1, 0.15) is 0 Å². The Morgan fingerprint density at radius 2 is 0.742 bits per heavy atom. The summed E-state index contributed by atoms with van der Waals surface area (Å²) in [4.78, 5) is 2.36. The molecule has 0 N–H and O–H groups in total. The van der Waals surface area contributed by atoms with Crippen LogP contribution in [0, 0.1) is 0 Å². The van der Waals surface area contributed by atoms with Crippen molar-refractivity contribution >= 4 is 82.1 Å². The van der Waals surface area contributed by atoms with Crippen LogP contribution in [0.25, 0.3) is 110 Å². The quantitative estimate of drug-likeness (QED) is 0.149. The summed E-state index contributed by atoms with van der Waals surface area (Å²) in [7, 11) is 0. The van der Waals surface area contributed by atoms with Crippen molar-refractivity contribution in [2.24, 2.45) is 0 Å². The highest BCUT2D eigenvalue weighted by Gasteiger charge is 2.18. The monoisotopic (exact) mass is 839 g/mol. The van der Waals surface area contributed by atoms with Crippen LogP contribution in [0.5, 0.6) is 0 Å². The predicted molar refractivity (Wildman–Crippen MR) is 280 cm³/mol. The molecule has 0 unspecified atom stereocenters. The van der Waals surface area contributed by atoms with Crippen molar-refractivity contribution in [3.05, 3.63) is 249 Å². The molecule has 0 radical (unpaired) electrons. The topological polar surface area (TPSA) is 16.4 Å². The smallest absolute Gasteiger partial charge is 0.143 e. The minimum absolute atomic E-state index is 0.896. The lowest BCUT2D eigenvalue weighted by atomic mass is 9.93. The summed E-state index contributed by atoms with van der Waals surface area (Å²) in [5, 5.41) is 12.1. The number of fused-ring (bicyclic) bond motifs is 9. The molecule has 1 heterocycles. The second-order valence-electron chi connectivity index (χ2n) is 17.3. The number of nitrogens with zero attached hydrogens (tertiary/aromatic N) is 1. The van der Waals surface area contributed by atoms with Gasteiger partial charge in [-0.25, -0.2) is 0 Å². The normalized spacial score (nSPS) is 11.6. The van der Waals surface area contributed by atoms with Gasteiger partial charge in [-0.3, -0.25) is 0 Å². The number of anilines is 3. The zero-order chi connectivity index (χ0) is 43.6. The summed E-state index contributed by atoms with van der Waals surface area (Å²) in [5.41, 5.74) is 14.6. The van der Waals surface area contributed by atoms with Crippen molar-refractivity contribution < 1.29 is 4.42 Å². The van der Waals surface area contributed by atoms with Crippen LogP contribution in [-0.4, -0.2) is 0 Å². The highest BCUT2D eigenvalue weighted by Crippen LogP contribution is 2.43. The molecule has 0 fully saturated rings. The Hall–Kier alpha value is -8.72. The molecule has 0 aliphatic rings. The van der Waals surface area contributed by atoms with Gasteiger partial charge in [0.05, 0.1) is 0 Å². The zero-order valence-corrected chi connectivity index (χ0v) is 36.0. The van der Waals surface area contributed by atoms with Crippen molar-refractivity contribution in [3.8, 4) is 44.5 Å². The summed E-state index contributed by atoms with van der Waals surface area (Å²) >= 11 is 0. The number of hydrogen-bond donors (Lipinski definition) is 0. The van der Waals surface area contributed by atoms with E-state index in [2.05, 4.69) is 254 Å². The molecular formula is C64H41NO. The molecule has 2 heteroatoms. The number of hydrogen-bond acceptors (Lipinski definition) is 2. The fourth-order valence-electron chi connectivity index (χ4n) is 10.1. The Morgan fingerprint density at radius 1 is 0.258 bits per heavy atom. The van der Waals surface area contributed by atoms with E-state index in [0.717, 1.165) is 55.5 Å². The standard InChI is InChI=1S/C64H41NO/c1-2-12-49-40-50(25-24-42(49)10-1)45-22-20-43(21-23-45)44-26-33-52(34-27-44)65(54-37-30-48(31-38-54)61-41-51-13-4-5-14-55(51)58-16-7-8-17-59(58)61)53-35-28-47(29-36-53)56-18-9-19-62-63(56)60-39-32-46-11-3-6-15-57(46)64(60)66-62/h1-41H. The van der Waals surface area contributed by atoms with Crippen LogP contribution in [0.4, 0.5) is 17.1 Å². The second kappa shape index (κ2) is 15.5. The van der Waals surface area contributed by atoms with Crippen LogP contribution >= 0.6 is 0 Å². The summed E-state index contributed by atoms with van der Waals surface area (Å²) in [6.07, 6.45) is 0. The molecule has 0 aliphatic carbocycles. The first-order chi connectivity index (χ1) is 32.7. The van der Waals surface area contributed by atoms with Gasteiger partial charge in [0.15, 0.2) is 0 Å². The highest BCUT2D eigenvalue weighted by molar-refractivity contribution is 6.19. The lowest BCUT2D eigenvalue weighted by Crippen LogP contribution is -2.09. The fraction of sp³-hybridized carbons (Fsp3) is 0. The van der Waals surface area contributed by atoms with E-state index >= 15 is 0 Å². The van der Waals surface area contributed by atoms with Crippen LogP contribution in [-0.2, 0) is 0 Å². The average Bonchev–Trinajstić information content (AvgIpc) is 3.79. The van der Waals surface area contributed by atoms with Crippen molar-refractivity contribution in [2.45, 2.75) is 0 Å². The lowest BCUT2D eigenvalue weighted by molar-refractivity contribution is 0.673. The number of furan rings is 1. The molecule has 13 aromatic rings. The van der Waals surface area contributed by atoms with Crippen molar-refractivity contribution in [3.63, 3.8) is 0 Å². The molecule has 0 saturated heterocycles. The fourth-order valence-corrected chi connectivity index (χ4v) is 10.1. The predicted octanol–water partition coefficient (Wildman–Crippen LogP) is 18.3. The van der Waals surface area contributed by atoms with Crippen molar-refractivity contribution in [1.29, 1.82) is 0 Å². The van der Waals surface area contributed by atoms with Gasteiger partial charge in [0, 0.05) is 33.2 Å². The van der Waals surface area contributed by atoms with Gasteiger partial charge in [-0.05, 0) is 143 Å². The van der Waals surface area contributed by atoms with Gasteiger partial charge in [0.25, 0.3) is 0 Å². The molecule has 0 spiro atoms. The Bertz CT molecular complexity index is 3960. The first-order valence-corrected chi connectivity index (χ1v) is 22.6. The molecule has 12 aromatic carbocycles. The number of benzene rings is 12. The van der Waals surface area contributed by atoms with E-state index in [1.165, 1.54) is 71.1 Å². The summed E-state index contributed by atoms with van der Waals surface area (Å²) in [6.45, 7) is 0. The third-order valence-electron chi connectivity index (χ3n) is 13.5. The molecule has 0 saturated carbocycles. The molecule has 0 atom stereocenters. The maximum Gasteiger partial charge on any atom is 0.143 e. The maximum absolute atomic E-state index is 6.57. The Balaban J connectivity index is 0.881. The largest absolute Gasteiger partial charge is 0.455 e. The van der Waals surface area contributed by atoms with E-state index in [1.54, 1.807) is 0 Å². The average molecular weight is 840 g/mol. The van der Waals surface area contributed by atoms with Crippen LogP contribution < -0.4 is 4.90 Å². The minimum atomic E-state index is 0.896. The molecule has 0 aliphatic heterocycles. The van der Waals surface area contributed by atoms with Gasteiger partial charge in [-0.2, -0.15) is 0 Å². The Labute approximate surface area is 382 Å². The molecular weight excluding hydrogens is 799 g/mol. The molecule has 1 aromatic heterocycles. The zero-order valence-electron chi connectivity index (χ0n) is 36.0. The van der Waals surface area contributed by atoms with E-state index in [4.69, 9.17) is 4.42 Å². The van der Waals surface area contributed by atoms with Crippen molar-refractivity contribution in [1.82, 2.24) is 0 Å². The summed E-state index contributed by atoms with van der Waals surface area (Å²) < 4.78 is 6.57.